The lowest BCUT2D eigenvalue weighted by Crippen LogP contribution is -2.37. The van der Waals surface area contributed by atoms with E-state index in [1.54, 1.807) is 4.90 Å². The van der Waals surface area contributed by atoms with E-state index in [1.807, 2.05) is 0 Å². The van der Waals surface area contributed by atoms with E-state index < -0.39 is 11.6 Å². The largest absolute Gasteiger partial charge is 0.339 e. The molecule has 1 atom stereocenters. The molecule has 1 unspecified atom stereocenters. The van der Waals surface area contributed by atoms with Crippen LogP contribution in [0.2, 0.25) is 0 Å². The minimum absolute atomic E-state index is 0.0339. The van der Waals surface area contributed by atoms with Gasteiger partial charge in [0.05, 0.1) is 6.42 Å². The van der Waals surface area contributed by atoms with Crippen molar-refractivity contribution in [1.29, 1.82) is 0 Å². The molecule has 1 aliphatic rings. The molecule has 0 radical (unpaired) electrons. The maximum Gasteiger partial charge on any atom is 0.227 e. The lowest BCUT2D eigenvalue weighted by Gasteiger charge is -2.24. The predicted octanol–water partition coefficient (Wildman–Crippen LogP) is 2.48. The molecule has 1 amide bonds. The number of rotatable bonds is 4. The summed E-state index contributed by atoms with van der Waals surface area (Å²) in [5.41, 5.74) is 0.0588. The molecule has 0 aromatic heterocycles. The van der Waals surface area contributed by atoms with E-state index in [0.29, 0.717) is 13.0 Å². The van der Waals surface area contributed by atoms with Gasteiger partial charge in [0.2, 0.25) is 5.91 Å². The molecule has 1 aliphatic heterocycles. The third-order valence-corrected chi connectivity index (χ3v) is 3.59. The van der Waals surface area contributed by atoms with Gasteiger partial charge in [-0.3, -0.25) is 9.59 Å². The summed E-state index contributed by atoms with van der Waals surface area (Å²) in [5.74, 6) is -2.13. The molecule has 20 heavy (non-hydrogen) atoms. The molecule has 108 valence electrons. The van der Waals surface area contributed by atoms with Gasteiger partial charge in [0.25, 0.3) is 0 Å². The van der Waals surface area contributed by atoms with E-state index >= 15 is 0 Å². The standard InChI is InChI=1S/C15H17F2NO2/c1-10(19)8-12-5-3-7-18(12)14(20)9-11-4-2-6-13(16)15(11)17/h2,4,6,12H,3,5,7-9H2,1H3. The molecule has 1 heterocycles. The Bertz CT molecular complexity index is 531. The zero-order valence-corrected chi connectivity index (χ0v) is 11.4. The van der Waals surface area contributed by atoms with E-state index in [2.05, 4.69) is 0 Å². The minimum atomic E-state index is -0.969. The van der Waals surface area contributed by atoms with Gasteiger partial charge in [-0.05, 0) is 25.8 Å². The topological polar surface area (TPSA) is 37.4 Å². The molecule has 5 heteroatoms. The fraction of sp³-hybridized carbons (Fsp3) is 0.467. The van der Waals surface area contributed by atoms with Crippen LogP contribution in [-0.4, -0.2) is 29.2 Å². The summed E-state index contributed by atoms with van der Waals surface area (Å²) in [6.45, 7) is 2.07. The van der Waals surface area contributed by atoms with Crippen LogP contribution in [-0.2, 0) is 16.0 Å². The molecule has 1 aromatic rings. The predicted molar refractivity (Wildman–Crippen MR) is 70.1 cm³/mol. The van der Waals surface area contributed by atoms with Gasteiger partial charge in [-0.2, -0.15) is 0 Å². The van der Waals surface area contributed by atoms with Gasteiger partial charge in [-0.25, -0.2) is 8.78 Å². The van der Waals surface area contributed by atoms with E-state index in [0.717, 1.165) is 18.9 Å². The SMILES string of the molecule is CC(=O)CC1CCCN1C(=O)Cc1cccc(F)c1F. The molecule has 0 bridgehead atoms. The average Bonchev–Trinajstić information content (AvgIpc) is 2.82. The van der Waals surface area contributed by atoms with Crippen molar-refractivity contribution in [3.8, 4) is 0 Å². The fourth-order valence-corrected chi connectivity index (χ4v) is 2.66. The second-order valence-corrected chi connectivity index (χ2v) is 5.18. The number of hydrogen-bond acceptors (Lipinski definition) is 2. The molecular weight excluding hydrogens is 264 g/mol. The number of carbonyl (C=O) groups is 2. The molecular formula is C15H17F2NO2. The lowest BCUT2D eigenvalue weighted by atomic mass is 10.1. The first-order valence-corrected chi connectivity index (χ1v) is 6.71. The number of amides is 1. The highest BCUT2D eigenvalue weighted by molar-refractivity contribution is 5.81. The van der Waals surface area contributed by atoms with Crippen LogP contribution < -0.4 is 0 Å². The second-order valence-electron chi connectivity index (χ2n) is 5.18. The van der Waals surface area contributed by atoms with Gasteiger partial charge < -0.3 is 4.90 Å². The van der Waals surface area contributed by atoms with E-state index in [9.17, 15) is 18.4 Å². The maximum atomic E-state index is 13.6. The van der Waals surface area contributed by atoms with Gasteiger partial charge in [0.15, 0.2) is 11.6 Å². The number of Topliss-reactive ketones (excluding diaryl/α,β-unsaturated/α-hetero) is 1. The van der Waals surface area contributed by atoms with E-state index in [-0.39, 0.29) is 29.7 Å². The van der Waals surface area contributed by atoms with Crippen LogP contribution in [0.5, 0.6) is 0 Å². The molecule has 1 saturated heterocycles. The minimum Gasteiger partial charge on any atom is -0.339 e. The normalized spacial score (nSPS) is 18.4. The van der Waals surface area contributed by atoms with Crippen molar-refractivity contribution in [1.82, 2.24) is 4.90 Å². The first-order valence-electron chi connectivity index (χ1n) is 6.71. The summed E-state index contributed by atoms with van der Waals surface area (Å²) in [7, 11) is 0. The number of carbonyl (C=O) groups excluding carboxylic acids is 2. The number of likely N-dealkylation sites (tertiary alicyclic amines) is 1. The van der Waals surface area contributed by atoms with Crippen LogP contribution >= 0.6 is 0 Å². The number of nitrogens with zero attached hydrogens (tertiary/aromatic N) is 1. The van der Waals surface area contributed by atoms with Crippen LogP contribution in [0.1, 0.15) is 31.7 Å². The van der Waals surface area contributed by atoms with Crippen LogP contribution in [0.4, 0.5) is 8.78 Å². The third kappa shape index (κ3) is 3.21. The Hall–Kier alpha value is -1.78. The Labute approximate surface area is 116 Å². The maximum absolute atomic E-state index is 13.6. The first kappa shape index (κ1) is 14.6. The Kier molecular flexibility index (Phi) is 4.47. The zero-order valence-electron chi connectivity index (χ0n) is 11.4. The zero-order chi connectivity index (χ0) is 14.7. The number of benzene rings is 1. The highest BCUT2D eigenvalue weighted by atomic mass is 19.2. The summed E-state index contributed by atoms with van der Waals surface area (Å²) < 4.78 is 26.7. The van der Waals surface area contributed by atoms with Crippen molar-refractivity contribution in [2.75, 3.05) is 6.54 Å². The van der Waals surface area contributed by atoms with Crippen molar-refractivity contribution in [3.05, 3.63) is 35.4 Å². The van der Waals surface area contributed by atoms with E-state index in [4.69, 9.17) is 0 Å². The van der Waals surface area contributed by atoms with Crippen LogP contribution in [0.25, 0.3) is 0 Å². The van der Waals surface area contributed by atoms with Crippen LogP contribution in [0.3, 0.4) is 0 Å². The van der Waals surface area contributed by atoms with Gasteiger partial charge >= 0.3 is 0 Å². The molecule has 2 rings (SSSR count). The van der Waals surface area contributed by atoms with Crippen molar-refractivity contribution in [3.63, 3.8) is 0 Å². The summed E-state index contributed by atoms with van der Waals surface area (Å²) in [4.78, 5) is 25.0. The quantitative estimate of drug-likeness (QED) is 0.850. The summed E-state index contributed by atoms with van der Waals surface area (Å²) in [5, 5.41) is 0. The Morgan fingerprint density at radius 3 is 2.80 bits per heavy atom. The van der Waals surface area contributed by atoms with Crippen LogP contribution in [0, 0.1) is 11.6 Å². The Morgan fingerprint density at radius 1 is 1.35 bits per heavy atom. The molecule has 1 aromatic carbocycles. The first-order chi connectivity index (χ1) is 9.49. The van der Waals surface area contributed by atoms with Gasteiger partial charge in [0, 0.05) is 24.6 Å². The molecule has 0 spiro atoms. The summed E-state index contributed by atoms with van der Waals surface area (Å²) in [6, 6.07) is 3.72. The molecule has 0 aliphatic carbocycles. The number of ketones is 1. The highest BCUT2D eigenvalue weighted by Gasteiger charge is 2.29. The Morgan fingerprint density at radius 2 is 2.10 bits per heavy atom. The highest BCUT2D eigenvalue weighted by Crippen LogP contribution is 2.22. The summed E-state index contributed by atoms with van der Waals surface area (Å²) in [6.07, 6.45) is 1.79. The van der Waals surface area contributed by atoms with Gasteiger partial charge in [-0.1, -0.05) is 12.1 Å². The molecule has 1 fully saturated rings. The molecule has 0 N–H and O–H groups in total. The number of halogens is 2. The average molecular weight is 281 g/mol. The van der Waals surface area contributed by atoms with Crippen molar-refractivity contribution >= 4 is 11.7 Å². The summed E-state index contributed by atoms with van der Waals surface area (Å²) >= 11 is 0. The van der Waals surface area contributed by atoms with Gasteiger partial charge in [0.1, 0.15) is 5.78 Å². The molecule has 3 nitrogen and oxygen atoms in total. The van der Waals surface area contributed by atoms with Crippen molar-refractivity contribution in [2.24, 2.45) is 0 Å². The lowest BCUT2D eigenvalue weighted by molar-refractivity contribution is -0.132. The van der Waals surface area contributed by atoms with Crippen molar-refractivity contribution in [2.45, 2.75) is 38.6 Å². The van der Waals surface area contributed by atoms with Crippen LogP contribution in [0.15, 0.2) is 18.2 Å². The number of hydrogen-bond donors (Lipinski definition) is 0. The van der Waals surface area contributed by atoms with Gasteiger partial charge in [-0.15, -0.1) is 0 Å². The fourth-order valence-electron chi connectivity index (χ4n) is 2.66. The van der Waals surface area contributed by atoms with E-state index in [1.165, 1.54) is 19.1 Å². The molecule has 0 saturated carbocycles. The smallest absolute Gasteiger partial charge is 0.227 e. The van der Waals surface area contributed by atoms with Crippen molar-refractivity contribution < 1.29 is 18.4 Å². The monoisotopic (exact) mass is 281 g/mol. The second kappa shape index (κ2) is 6.11. The third-order valence-electron chi connectivity index (χ3n) is 3.59. The Balaban J connectivity index is 2.07.